The Bertz CT molecular complexity index is 1430. The van der Waals surface area contributed by atoms with Crippen molar-refractivity contribution in [1.82, 2.24) is 24.2 Å². The average Bonchev–Trinajstić information content (AvgIpc) is 3.63. The number of hydrogen-bond donors (Lipinski definition) is 4. The first kappa shape index (κ1) is 28.2. The van der Waals surface area contributed by atoms with E-state index in [2.05, 4.69) is 24.9 Å². The first-order chi connectivity index (χ1) is 19.4. The van der Waals surface area contributed by atoms with Crippen LogP contribution in [0.15, 0.2) is 35.5 Å². The number of carbonyl (C=O) groups is 1. The van der Waals surface area contributed by atoms with Crippen LogP contribution in [0.3, 0.4) is 0 Å². The summed E-state index contributed by atoms with van der Waals surface area (Å²) in [4.78, 5) is 26.4. The third-order valence-electron chi connectivity index (χ3n) is 7.63. The molecule has 1 aromatic carbocycles. The molecule has 216 valence electrons. The summed E-state index contributed by atoms with van der Waals surface area (Å²) in [6.07, 6.45) is 10.2. The molecule has 0 amide bonds. The van der Waals surface area contributed by atoms with Gasteiger partial charge in [-0.3, -0.25) is 0 Å². The maximum absolute atomic E-state index is 13.0. The molecule has 2 aliphatic carbocycles. The SMILES string of the molecule is CCOC(=O)c1ccccc1S(=O)(=O)NCCNc1nc(N[C@H]2CC[C@H](N)CC2)nc2c1ncn2C1CCCC1. The topological polar surface area (TPSA) is 166 Å². The van der Waals surface area contributed by atoms with Crippen molar-refractivity contribution in [3.05, 3.63) is 36.2 Å². The Morgan fingerprint density at radius 2 is 1.82 bits per heavy atom. The number of benzene rings is 1. The van der Waals surface area contributed by atoms with Gasteiger partial charge in [-0.05, 0) is 57.6 Å². The predicted molar refractivity (Wildman–Crippen MR) is 153 cm³/mol. The van der Waals surface area contributed by atoms with Crippen LogP contribution < -0.4 is 21.1 Å². The highest BCUT2D eigenvalue weighted by Gasteiger charge is 2.25. The van der Waals surface area contributed by atoms with Crippen LogP contribution >= 0.6 is 0 Å². The van der Waals surface area contributed by atoms with Crippen molar-refractivity contribution >= 4 is 38.9 Å². The highest BCUT2D eigenvalue weighted by atomic mass is 32.2. The monoisotopic (exact) mass is 570 g/mol. The number of anilines is 2. The minimum Gasteiger partial charge on any atom is -0.462 e. The Morgan fingerprint density at radius 1 is 1.07 bits per heavy atom. The Kier molecular flexibility index (Phi) is 8.81. The minimum absolute atomic E-state index is 0.000782. The largest absolute Gasteiger partial charge is 0.462 e. The molecule has 5 rings (SSSR count). The zero-order valence-corrected chi connectivity index (χ0v) is 23.6. The number of nitrogens with one attached hydrogen (secondary N) is 3. The van der Waals surface area contributed by atoms with Crippen LogP contribution in [0.1, 0.15) is 74.7 Å². The number of sulfonamides is 1. The maximum atomic E-state index is 13.0. The van der Waals surface area contributed by atoms with Crippen molar-refractivity contribution in [2.45, 2.75) is 81.3 Å². The molecular formula is C27H38N8O4S. The number of ether oxygens (including phenoxy) is 1. The van der Waals surface area contributed by atoms with Gasteiger partial charge in [-0.25, -0.2) is 22.9 Å². The highest BCUT2D eigenvalue weighted by molar-refractivity contribution is 7.89. The summed E-state index contributed by atoms with van der Waals surface area (Å²) < 4.78 is 35.8. The highest BCUT2D eigenvalue weighted by Crippen LogP contribution is 2.33. The zero-order chi connectivity index (χ0) is 28.1. The number of hydrogen-bond acceptors (Lipinski definition) is 10. The predicted octanol–water partition coefficient (Wildman–Crippen LogP) is 3.19. The lowest BCUT2D eigenvalue weighted by molar-refractivity contribution is 0.0521. The van der Waals surface area contributed by atoms with Gasteiger partial charge in [0.25, 0.3) is 0 Å². The second-order valence-corrected chi connectivity index (χ2v) is 12.2. The van der Waals surface area contributed by atoms with Gasteiger partial charge in [0.1, 0.15) is 0 Å². The minimum atomic E-state index is -3.96. The molecule has 13 heteroatoms. The molecule has 0 radical (unpaired) electrons. The van der Waals surface area contributed by atoms with Gasteiger partial charge in [0.15, 0.2) is 17.0 Å². The normalized spacial score (nSPS) is 20.1. The number of rotatable bonds is 11. The number of nitrogens with zero attached hydrogens (tertiary/aromatic N) is 4. The first-order valence-corrected chi connectivity index (χ1v) is 15.6. The molecule has 0 bridgehead atoms. The van der Waals surface area contributed by atoms with Crippen LogP contribution in [-0.2, 0) is 14.8 Å². The van der Waals surface area contributed by atoms with Crippen molar-refractivity contribution < 1.29 is 17.9 Å². The summed E-state index contributed by atoms with van der Waals surface area (Å²) in [6.45, 7) is 2.14. The number of fused-ring (bicyclic) bond motifs is 1. The van der Waals surface area contributed by atoms with Gasteiger partial charge >= 0.3 is 5.97 Å². The van der Waals surface area contributed by atoms with Crippen LogP contribution in [0.5, 0.6) is 0 Å². The fraction of sp³-hybridized carbons (Fsp3) is 0.556. The summed E-state index contributed by atoms with van der Waals surface area (Å²) in [7, 11) is -3.96. The number of nitrogens with two attached hydrogens (primary N) is 1. The van der Waals surface area contributed by atoms with Gasteiger partial charge in [-0.1, -0.05) is 25.0 Å². The molecule has 2 fully saturated rings. The van der Waals surface area contributed by atoms with E-state index < -0.39 is 16.0 Å². The van der Waals surface area contributed by atoms with E-state index in [-0.39, 0.29) is 42.2 Å². The smallest absolute Gasteiger partial charge is 0.339 e. The van der Waals surface area contributed by atoms with E-state index in [9.17, 15) is 13.2 Å². The number of esters is 1. The van der Waals surface area contributed by atoms with Crippen molar-refractivity contribution in [3.8, 4) is 0 Å². The van der Waals surface area contributed by atoms with Crippen molar-refractivity contribution in [3.63, 3.8) is 0 Å². The molecule has 0 atom stereocenters. The third-order valence-corrected chi connectivity index (χ3v) is 9.15. The van der Waals surface area contributed by atoms with Crippen molar-refractivity contribution in [2.75, 3.05) is 30.3 Å². The molecule has 0 spiro atoms. The van der Waals surface area contributed by atoms with Crippen LogP contribution in [0.2, 0.25) is 0 Å². The quantitative estimate of drug-likeness (QED) is 0.199. The molecule has 0 unspecified atom stereocenters. The van der Waals surface area contributed by atoms with Gasteiger partial charge in [-0.15, -0.1) is 0 Å². The first-order valence-electron chi connectivity index (χ1n) is 14.1. The number of imidazole rings is 1. The Morgan fingerprint density at radius 3 is 2.58 bits per heavy atom. The summed E-state index contributed by atoms with van der Waals surface area (Å²) >= 11 is 0. The van der Waals surface area contributed by atoms with Gasteiger partial charge in [-0.2, -0.15) is 9.97 Å². The van der Waals surface area contributed by atoms with E-state index in [1.54, 1.807) is 19.1 Å². The molecule has 40 heavy (non-hydrogen) atoms. The van der Waals surface area contributed by atoms with E-state index >= 15 is 0 Å². The second kappa shape index (κ2) is 12.5. The van der Waals surface area contributed by atoms with Crippen molar-refractivity contribution in [1.29, 1.82) is 0 Å². The van der Waals surface area contributed by atoms with Crippen LogP contribution in [-0.4, -0.2) is 65.7 Å². The van der Waals surface area contributed by atoms with E-state index in [0.717, 1.165) is 44.2 Å². The van der Waals surface area contributed by atoms with E-state index in [1.165, 1.54) is 25.0 Å². The lowest BCUT2D eigenvalue weighted by Crippen LogP contribution is -2.33. The van der Waals surface area contributed by atoms with Gasteiger partial charge in [0.2, 0.25) is 16.0 Å². The average molecular weight is 571 g/mol. The van der Waals surface area contributed by atoms with Gasteiger partial charge in [0.05, 0.1) is 23.4 Å². The molecule has 2 aliphatic rings. The lowest BCUT2D eigenvalue weighted by Gasteiger charge is -2.27. The Balaban J connectivity index is 1.31. The second-order valence-electron chi connectivity index (χ2n) is 10.5. The van der Waals surface area contributed by atoms with E-state index in [1.807, 2.05) is 6.33 Å². The molecule has 2 heterocycles. The molecule has 5 N–H and O–H groups in total. The summed E-state index contributed by atoms with van der Waals surface area (Å²) in [6, 6.07) is 6.86. The maximum Gasteiger partial charge on any atom is 0.339 e. The summed E-state index contributed by atoms with van der Waals surface area (Å²) in [5.74, 6) is 0.393. The third kappa shape index (κ3) is 6.37. The molecule has 0 saturated heterocycles. The Hall–Kier alpha value is -3.29. The van der Waals surface area contributed by atoms with E-state index in [0.29, 0.717) is 23.3 Å². The number of aromatic nitrogens is 4. The zero-order valence-electron chi connectivity index (χ0n) is 22.8. The molecule has 12 nitrogen and oxygen atoms in total. The lowest BCUT2D eigenvalue weighted by atomic mass is 9.92. The molecule has 0 aliphatic heterocycles. The molecule has 2 saturated carbocycles. The van der Waals surface area contributed by atoms with Crippen LogP contribution in [0.4, 0.5) is 11.8 Å². The summed E-state index contributed by atoms with van der Waals surface area (Å²) in [5.41, 5.74) is 7.50. The standard InChI is InChI=1S/C27H38N8O4S/c1-2-39-26(36)21-9-5-6-10-22(21)40(37,38)31-16-15-29-24-23-25(35(17-30-23)20-7-3-4-8-20)34-27(33-24)32-19-13-11-18(28)12-14-19/h5-6,9-10,17-20,31H,2-4,7-8,11-16,28H2,1H3,(H2,29,32,33,34)/t18-,19-. The number of carbonyl (C=O) groups excluding carboxylic acids is 1. The summed E-state index contributed by atoms with van der Waals surface area (Å²) in [5, 5.41) is 6.74. The Labute approximate surface area is 234 Å². The van der Waals surface area contributed by atoms with Crippen LogP contribution in [0, 0.1) is 0 Å². The van der Waals surface area contributed by atoms with Crippen LogP contribution in [0.25, 0.3) is 11.2 Å². The molecular weight excluding hydrogens is 532 g/mol. The fourth-order valence-electron chi connectivity index (χ4n) is 5.52. The van der Waals surface area contributed by atoms with E-state index in [4.69, 9.17) is 20.4 Å². The van der Waals surface area contributed by atoms with Gasteiger partial charge < -0.3 is 25.7 Å². The van der Waals surface area contributed by atoms with Crippen molar-refractivity contribution in [2.24, 2.45) is 5.73 Å². The molecule has 2 aromatic heterocycles. The molecule has 3 aromatic rings. The van der Waals surface area contributed by atoms with Gasteiger partial charge in [0, 0.05) is 31.2 Å². The fourth-order valence-corrected chi connectivity index (χ4v) is 6.75.